The summed E-state index contributed by atoms with van der Waals surface area (Å²) in [7, 11) is 0. The number of carbonyl (C=O) groups excluding carboxylic acids is 2. The van der Waals surface area contributed by atoms with Crippen LogP contribution in [0.15, 0.2) is 30.3 Å². The van der Waals surface area contributed by atoms with Crippen molar-refractivity contribution < 1.29 is 14.3 Å². The fourth-order valence-corrected chi connectivity index (χ4v) is 4.04. The number of benzene rings is 2. The Kier molecular flexibility index (Phi) is 10.1. The molecule has 33 heavy (non-hydrogen) atoms. The minimum absolute atomic E-state index is 0.0109. The highest BCUT2D eigenvalue weighted by atomic mass is 35.5. The molecule has 0 spiro atoms. The number of hydrogen-bond acceptors (Lipinski definition) is 3. The molecule has 2 atom stereocenters. The third kappa shape index (κ3) is 7.38. The van der Waals surface area contributed by atoms with Crippen molar-refractivity contribution in [2.45, 2.75) is 73.0 Å². The average Bonchev–Trinajstić information content (AvgIpc) is 2.76. The zero-order chi connectivity index (χ0) is 24.7. The summed E-state index contributed by atoms with van der Waals surface area (Å²) < 4.78 is 5.93. The van der Waals surface area contributed by atoms with E-state index in [9.17, 15) is 9.59 Å². The van der Waals surface area contributed by atoms with Gasteiger partial charge in [-0.05, 0) is 81.0 Å². The van der Waals surface area contributed by atoms with Crippen molar-refractivity contribution in [3.05, 3.63) is 62.6 Å². The number of aryl methyl sites for hydroxylation is 2. The molecule has 7 heteroatoms. The minimum Gasteiger partial charge on any atom is -0.483 e. The van der Waals surface area contributed by atoms with Gasteiger partial charge in [-0.2, -0.15) is 0 Å². The van der Waals surface area contributed by atoms with Gasteiger partial charge in [0.1, 0.15) is 11.8 Å². The lowest BCUT2D eigenvalue weighted by molar-refractivity contribution is -0.143. The molecule has 0 fully saturated rings. The molecule has 2 aromatic rings. The average molecular weight is 493 g/mol. The van der Waals surface area contributed by atoms with E-state index in [0.717, 1.165) is 23.1 Å². The Hall–Kier alpha value is -2.24. The normalized spacial score (nSPS) is 12.7. The van der Waals surface area contributed by atoms with Crippen LogP contribution in [-0.4, -0.2) is 35.4 Å². The lowest BCUT2D eigenvalue weighted by Crippen LogP contribution is -2.51. The van der Waals surface area contributed by atoms with E-state index in [-0.39, 0.29) is 31.0 Å². The zero-order valence-corrected chi connectivity index (χ0v) is 21.8. The first kappa shape index (κ1) is 27.0. The molecule has 2 amide bonds. The maximum absolute atomic E-state index is 13.4. The second-order valence-electron chi connectivity index (χ2n) is 8.49. The first-order valence-electron chi connectivity index (χ1n) is 11.3. The zero-order valence-electron chi connectivity index (χ0n) is 20.3. The Morgan fingerprint density at radius 1 is 1.06 bits per heavy atom. The van der Waals surface area contributed by atoms with Crippen LogP contribution in [-0.2, 0) is 16.1 Å². The van der Waals surface area contributed by atoms with Gasteiger partial charge in [-0.3, -0.25) is 9.59 Å². The number of nitrogens with one attached hydrogen (secondary N) is 1. The van der Waals surface area contributed by atoms with Crippen molar-refractivity contribution in [1.29, 1.82) is 0 Å². The van der Waals surface area contributed by atoms with Crippen molar-refractivity contribution in [3.63, 3.8) is 0 Å². The summed E-state index contributed by atoms with van der Waals surface area (Å²) in [5.41, 5.74) is 3.86. The van der Waals surface area contributed by atoms with Crippen molar-refractivity contribution in [3.8, 4) is 5.75 Å². The molecule has 1 N–H and O–H groups in total. The smallest absolute Gasteiger partial charge is 0.261 e. The molecule has 2 rings (SSSR count). The summed E-state index contributed by atoms with van der Waals surface area (Å²) in [4.78, 5) is 28.0. The van der Waals surface area contributed by atoms with E-state index in [1.807, 2.05) is 47.6 Å². The third-order valence-electron chi connectivity index (χ3n) is 5.86. The Bertz CT molecular complexity index is 994. The minimum atomic E-state index is -0.651. The van der Waals surface area contributed by atoms with Crippen LogP contribution >= 0.6 is 23.2 Å². The quantitative estimate of drug-likeness (QED) is 0.440. The van der Waals surface area contributed by atoms with Crippen LogP contribution in [0.3, 0.4) is 0 Å². The summed E-state index contributed by atoms with van der Waals surface area (Å²) in [5, 5.41) is 3.95. The summed E-state index contributed by atoms with van der Waals surface area (Å²) >= 11 is 12.4. The van der Waals surface area contributed by atoms with Gasteiger partial charge in [0.15, 0.2) is 6.61 Å². The van der Waals surface area contributed by atoms with Crippen LogP contribution in [0, 0.1) is 20.8 Å². The fraction of sp³-hybridized carbons (Fsp3) is 0.462. The van der Waals surface area contributed by atoms with Crippen molar-refractivity contribution in [1.82, 2.24) is 10.2 Å². The molecule has 0 saturated heterocycles. The largest absolute Gasteiger partial charge is 0.483 e. The number of halogens is 2. The molecular formula is C26H34Cl2N2O3. The molecule has 0 aliphatic carbocycles. The first-order valence-corrected chi connectivity index (χ1v) is 12.1. The number of ether oxygens (including phenoxy) is 1. The van der Waals surface area contributed by atoms with E-state index in [4.69, 9.17) is 27.9 Å². The molecule has 0 radical (unpaired) electrons. The maximum atomic E-state index is 13.4. The number of nitrogens with zero attached hydrogens (tertiary/aromatic N) is 1. The maximum Gasteiger partial charge on any atom is 0.261 e. The first-order chi connectivity index (χ1) is 15.6. The Labute approximate surface area is 207 Å². The van der Waals surface area contributed by atoms with Crippen LogP contribution in [0.1, 0.15) is 55.9 Å². The van der Waals surface area contributed by atoms with Gasteiger partial charge in [0, 0.05) is 22.6 Å². The van der Waals surface area contributed by atoms with Gasteiger partial charge in [-0.1, -0.05) is 49.2 Å². The number of amides is 2. The number of hydrogen-bond donors (Lipinski definition) is 1. The van der Waals surface area contributed by atoms with E-state index in [1.54, 1.807) is 23.1 Å². The summed E-state index contributed by atoms with van der Waals surface area (Å²) in [6, 6.07) is 8.49. The van der Waals surface area contributed by atoms with E-state index in [2.05, 4.69) is 11.4 Å². The van der Waals surface area contributed by atoms with Crippen LogP contribution < -0.4 is 10.1 Å². The molecule has 180 valence electrons. The second-order valence-corrected chi connectivity index (χ2v) is 9.34. The SMILES string of the molecule is CC[C@@H](C)NC(=O)[C@H](CC)N(Cc1ccc(Cl)cc1Cl)C(=O)COc1cc(C)cc(C)c1C. The highest BCUT2D eigenvalue weighted by Gasteiger charge is 2.30. The van der Waals surface area contributed by atoms with Gasteiger partial charge in [0.25, 0.3) is 5.91 Å². The van der Waals surface area contributed by atoms with Gasteiger partial charge in [-0.25, -0.2) is 0 Å². The number of carbonyl (C=O) groups is 2. The van der Waals surface area contributed by atoms with E-state index < -0.39 is 6.04 Å². The van der Waals surface area contributed by atoms with Crippen LogP contribution in [0.25, 0.3) is 0 Å². The van der Waals surface area contributed by atoms with Crippen LogP contribution in [0.5, 0.6) is 5.75 Å². The predicted molar refractivity (Wildman–Crippen MR) is 135 cm³/mol. The molecule has 0 bridgehead atoms. The highest BCUT2D eigenvalue weighted by molar-refractivity contribution is 6.35. The van der Waals surface area contributed by atoms with Gasteiger partial charge >= 0.3 is 0 Å². The number of rotatable bonds is 10. The molecule has 0 saturated carbocycles. The molecule has 0 heterocycles. The fourth-order valence-electron chi connectivity index (χ4n) is 3.57. The Morgan fingerprint density at radius 2 is 1.76 bits per heavy atom. The Balaban J connectivity index is 2.31. The highest BCUT2D eigenvalue weighted by Crippen LogP contribution is 2.25. The molecule has 0 aliphatic heterocycles. The summed E-state index contributed by atoms with van der Waals surface area (Å²) in [6.45, 7) is 11.8. The standard InChI is InChI=1S/C26H34Cl2N2O3/c1-7-18(5)29-26(32)23(8-2)30(14-20-9-10-21(27)13-22(20)28)25(31)15-33-24-12-16(3)11-17(4)19(24)6/h9-13,18,23H,7-8,14-15H2,1-6H3,(H,29,32)/t18-,23+/m1/s1. The van der Waals surface area contributed by atoms with Gasteiger partial charge in [0.2, 0.25) is 5.91 Å². The second kappa shape index (κ2) is 12.3. The van der Waals surface area contributed by atoms with E-state index in [1.165, 1.54) is 0 Å². The molecular weight excluding hydrogens is 459 g/mol. The third-order valence-corrected chi connectivity index (χ3v) is 6.44. The van der Waals surface area contributed by atoms with E-state index >= 15 is 0 Å². The van der Waals surface area contributed by atoms with Crippen LogP contribution in [0.2, 0.25) is 10.0 Å². The monoisotopic (exact) mass is 492 g/mol. The van der Waals surface area contributed by atoms with Crippen LogP contribution in [0.4, 0.5) is 0 Å². The predicted octanol–water partition coefficient (Wildman–Crippen LogP) is 6.02. The topological polar surface area (TPSA) is 58.6 Å². The molecule has 2 aromatic carbocycles. The summed E-state index contributed by atoms with van der Waals surface area (Å²) in [5.74, 6) is 0.195. The van der Waals surface area contributed by atoms with E-state index in [0.29, 0.717) is 27.8 Å². The van der Waals surface area contributed by atoms with Crippen molar-refractivity contribution in [2.24, 2.45) is 0 Å². The molecule has 0 unspecified atom stereocenters. The van der Waals surface area contributed by atoms with Crippen molar-refractivity contribution >= 4 is 35.0 Å². The van der Waals surface area contributed by atoms with Crippen molar-refractivity contribution in [2.75, 3.05) is 6.61 Å². The molecule has 0 aliphatic rings. The molecule has 0 aromatic heterocycles. The lowest BCUT2D eigenvalue weighted by atomic mass is 10.1. The molecule has 5 nitrogen and oxygen atoms in total. The van der Waals surface area contributed by atoms with Gasteiger partial charge in [0.05, 0.1) is 0 Å². The Morgan fingerprint density at radius 3 is 2.36 bits per heavy atom. The van der Waals surface area contributed by atoms with Gasteiger partial charge in [-0.15, -0.1) is 0 Å². The van der Waals surface area contributed by atoms with Gasteiger partial charge < -0.3 is 15.0 Å². The summed E-state index contributed by atoms with van der Waals surface area (Å²) in [6.07, 6.45) is 1.26. The lowest BCUT2D eigenvalue weighted by Gasteiger charge is -2.31.